The van der Waals surface area contributed by atoms with Crippen LogP contribution in [0, 0.1) is 5.82 Å². The molecule has 6 nitrogen and oxygen atoms in total. The van der Waals surface area contributed by atoms with Gasteiger partial charge >= 0.3 is 5.97 Å². The normalized spacial score (nSPS) is 14.7. The number of carbonyl (C=O) groups excluding carboxylic acids is 2. The summed E-state index contributed by atoms with van der Waals surface area (Å²) in [6, 6.07) is 9.74. The minimum atomic E-state index is -0.535. The largest absolute Gasteiger partial charge is 0.465 e. The van der Waals surface area contributed by atoms with Gasteiger partial charge in [0.25, 0.3) is 0 Å². The number of benzene rings is 1. The molecule has 1 saturated heterocycles. The van der Waals surface area contributed by atoms with Crippen molar-refractivity contribution < 1.29 is 18.7 Å². The summed E-state index contributed by atoms with van der Waals surface area (Å²) in [7, 11) is 1.30. The number of hydrogen-bond donors (Lipinski definition) is 1. The first-order valence-corrected chi connectivity index (χ1v) is 12.1. The Morgan fingerprint density at radius 3 is 2.81 bits per heavy atom. The predicted octanol–water partition coefficient (Wildman–Crippen LogP) is 4.42. The van der Waals surface area contributed by atoms with E-state index in [1.54, 1.807) is 12.1 Å². The van der Waals surface area contributed by atoms with E-state index in [1.165, 1.54) is 42.7 Å². The first kappa shape index (κ1) is 22.4. The van der Waals surface area contributed by atoms with Crippen molar-refractivity contribution in [2.45, 2.75) is 6.54 Å². The number of nitrogens with one attached hydrogen (secondary N) is 1. The second-order valence-corrected chi connectivity index (χ2v) is 9.44. The van der Waals surface area contributed by atoms with Crippen molar-refractivity contribution >= 4 is 57.0 Å². The van der Waals surface area contributed by atoms with E-state index in [-0.39, 0.29) is 10.7 Å². The molecule has 1 fully saturated rings. The Balaban J connectivity index is 1.58. The summed E-state index contributed by atoms with van der Waals surface area (Å²) in [5.74, 6) is 0.885. The molecule has 4 rings (SSSR count). The lowest BCUT2D eigenvalue weighted by Gasteiger charge is -2.25. The van der Waals surface area contributed by atoms with E-state index in [0.29, 0.717) is 21.5 Å². The summed E-state index contributed by atoms with van der Waals surface area (Å²) in [6.07, 6.45) is 2.81. The Labute approximate surface area is 193 Å². The van der Waals surface area contributed by atoms with Gasteiger partial charge in [-0.05, 0) is 35.9 Å². The molecule has 0 aliphatic carbocycles. The van der Waals surface area contributed by atoms with Crippen LogP contribution in [-0.4, -0.2) is 53.5 Å². The van der Waals surface area contributed by atoms with Crippen LogP contribution >= 0.6 is 23.1 Å². The van der Waals surface area contributed by atoms with Gasteiger partial charge in [0.05, 0.1) is 18.5 Å². The van der Waals surface area contributed by atoms with E-state index in [2.05, 4.69) is 10.2 Å². The van der Waals surface area contributed by atoms with Crippen LogP contribution in [0.2, 0.25) is 0 Å². The zero-order valence-electron chi connectivity index (χ0n) is 17.5. The van der Waals surface area contributed by atoms with Crippen LogP contribution in [0.1, 0.15) is 20.9 Å². The minimum Gasteiger partial charge on any atom is -0.465 e. The number of halogens is 1. The number of amides is 1. The second kappa shape index (κ2) is 10.2. The number of fused-ring (bicyclic) bond motifs is 1. The molecule has 32 heavy (non-hydrogen) atoms. The number of nitrogens with zero attached hydrogens (tertiary/aromatic N) is 2. The summed E-state index contributed by atoms with van der Waals surface area (Å²) in [6.45, 7) is 2.81. The number of ether oxygens (including phenoxy) is 1. The lowest BCUT2D eigenvalue weighted by molar-refractivity contribution is -0.111. The maximum Gasteiger partial charge on any atom is 0.350 e. The third-order valence-corrected chi connectivity index (χ3v) is 7.02. The molecule has 1 N–H and O–H groups in total. The van der Waals surface area contributed by atoms with E-state index in [9.17, 15) is 14.0 Å². The van der Waals surface area contributed by atoms with Crippen LogP contribution < -0.4 is 5.32 Å². The molecule has 1 aliphatic heterocycles. The zero-order chi connectivity index (χ0) is 22.5. The van der Waals surface area contributed by atoms with E-state index in [0.717, 1.165) is 36.8 Å². The highest BCUT2D eigenvalue weighted by molar-refractivity contribution is 7.99. The molecule has 2 aromatic heterocycles. The number of methoxy groups -OCH3 is 1. The summed E-state index contributed by atoms with van der Waals surface area (Å²) in [5, 5.41) is 3.45. The van der Waals surface area contributed by atoms with Gasteiger partial charge in [0.15, 0.2) is 0 Å². The quantitative estimate of drug-likeness (QED) is 0.424. The van der Waals surface area contributed by atoms with Gasteiger partial charge in [0.2, 0.25) is 5.91 Å². The van der Waals surface area contributed by atoms with E-state index in [4.69, 9.17) is 9.72 Å². The standard InChI is InChI=1S/C23H22FN3O3S2/c1-30-23(29)21-20(26-19(28)8-5-15-3-2-4-16(24)13-15)18-7-6-17(25-22(18)32-21)14-27-9-11-31-12-10-27/h2-8,13H,9-12,14H2,1H3,(H,26,28)/b8-5+. The average molecular weight is 472 g/mol. The molecular weight excluding hydrogens is 449 g/mol. The third kappa shape index (κ3) is 5.35. The zero-order valence-corrected chi connectivity index (χ0v) is 19.1. The number of esters is 1. The van der Waals surface area contributed by atoms with Crippen LogP contribution in [-0.2, 0) is 16.1 Å². The van der Waals surface area contributed by atoms with Crippen molar-refractivity contribution in [1.82, 2.24) is 9.88 Å². The summed E-state index contributed by atoms with van der Waals surface area (Å²) < 4.78 is 18.2. The van der Waals surface area contributed by atoms with Crippen LogP contribution in [0.15, 0.2) is 42.5 Å². The number of carbonyl (C=O) groups is 2. The molecule has 0 bridgehead atoms. The molecule has 3 aromatic rings. The Hall–Kier alpha value is -2.75. The summed E-state index contributed by atoms with van der Waals surface area (Å²) >= 11 is 3.15. The first-order chi connectivity index (χ1) is 15.5. The number of thioether (sulfide) groups is 1. The Morgan fingerprint density at radius 2 is 2.06 bits per heavy atom. The van der Waals surface area contributed by atoms with Crippen molar-refractivity contribution in [3.63, 3.8) is 0 Å². The van der Waals surface area contributed by atoms with Gasteiger partial charge in [0.1, 0.15) is 15.5 Å². The summed E-state index contributed by atoms with van der Waals surface area (Å²) in [5.41, 5.74) is 1.86. The van der Waals surface area contributed by atoms with Crippen molar-refractivity contribution in [2.24, 2.45) is 0 Å². The fourth-order valence-electron chi connectivity index (χ4n) is 3.40. The Bertz CT molecular complexity index is 1170. The van der Waals surface area contributed by atoms with E-state index < -0.39 is 11.9 Å². The molecule has 0 saturated carbocycles. The molecule has 0 atom stereocenters. The number of anilines is 1. The molecular formula is C23H22FN3O3S2. The van der Waals surface area contributed by atoms with Crippen LogP contribution in [0.5, 0.6) is 0 Å². The fraction of sp³-hybridized carbons (Fsp3) is 0.261. The Kier molecular flexibility index (Phi) is 7.19. The maximum atomic E-state index is 13.3. The third-order valence-electron chi connectivity index (χ3n) is 5.00. The molecule has 166 valence electrons. The number of hydrogen-bond acceptors (Lipinski definition) is 7. The predicted molar refractivity (Wildman–Crippen MR) is 128 cm³/mol. The highest BCUT2D eigenvalue weighted by Gasteiger charge is 2.22. The van der Waals surface area contributed by atoms with Crippen molar-refractivity contribution in [3.8, 4) is 0 Å². The first-order valence-electron chi connectivity index (χ1n) is 10.1. The molecule has 1 aliphatic rings. The molecule has 0 unspecified atom stereocenters. The minimum absolute atomic E-state index is 0.286. The number of pyridine rings is 1. The molecule has 1 amide bonds. The van der Waals surface area contributed by atoms with Crippen molar-refractivity contribution in [2.75, 3.05) is 37.0 Å². The lowest BCUT2D eigenvalue weighted by Crippen LogP contribution is -2.32. The van der Waals surface area contributed by atoms with Crippen LogP contribution in [0.3, 0.4) is 0 Å². The monoisotopic (exact) mass is 471 g/mol. The highest BCUT2D eigenvalue weighted by Crippen LogP contribution is 2.35. The lowest BCUT2D eigenvalue weighted by atomic mass is 10.2. The van der Waals surface area contributed by atoms with Crippen LogP contribution in [0.4, 0.5) is 10.1 Å². The fourth-order valence-corrected chi connectivity index (χ4v) is 5.45. The molecule has 9 heteroatoms. The Morgan fingerprint density at radius 1 is 1.25 bits per heavy atom. The van der Waals surface area contributed by atoms with Gasteiger partial charge in [-0.15, -0.1) is 11.3 Å². The van der Waals surface area contributed by atoms with Gasteiger partial charge in [0, 0.05) is 42.6 Å². The number of rotatable bonds is 6. The molecule has 0 spiro atoms. The van der Waals surface area contributed by atoms with E-state index in [1.807, 2.05) is 23.9 Å². The number of aromatic nitrogens is 1. The second-order valence-electron chi connectivity index (χ2n) is 7.22. The van der Waals surface area contributed by atoms with Gasteiger partial charge in [-0.25, -0.2) is 14.2 Å². The van der Waals surface area contributed by atoms with Gasteiger partial charge in [-0.3, -0.25) is 9.69 Å². The number of thiophene rings is 1. The summed E-state index contributed by atoms with van der Waals surface area (Å²) in [4.78, 5) is 32.9. The van der Waals surface area contributed by atoms with Gasteiger partial charge in [-0.2, -0.15) is 11.8 Å². The molecule has 1 aromatic carbocycles. The van der Waals surface area contributed by atoms with Crippen LogP contribution in [0.25, 0.3) is 16.3 Å². The SMILES string of the molecule is COC(=O)c1sc2nc(CN3CCSCC3)ccc2c1NC(=O)/C=C/c1cccc(F)c1. The molecule has 0 radical (unpaired) electrons. The van der Waals surface area contributed by atoms with Crippen molar-refractivity contribution in [3.05, 3.63) is 64.4 Å². The topological polar surface area (TPSA) is 71.5 Å². The van der Waals surface area contributed by atoms with Gasteiger partial charge in [-0.1, -0.05) is 12.1 Å². The van der Waals surface area contributed by atoms with Gasteiger partial charge < -0.3 is 10.1 Å². The smallest absolute Gasteiger partial charge is 0.350 e. The average Bonchev–Trinajstić information content (AvgIpc) is 3.15. The van der Waals surface area contributed by atoms with Crippen molar-refractivity contribution in [1.29, 1.82) is 0 Å². The molecule has 3 heterocycles. The highest BCUT2D eigenvalue weighted by atomic mass is 32.2. The maximum absolute atomic E-state index is 13.3. The van der Waals surface area contributed by atoms with E-state index >= 15 is 0 Å².